The molecule has 0 bridgehead atoms. The molecular formula is C16H25N3O2. The number of phenolic OH excluding ortho intramolecular Hbond substituents is 1. The Balaban J connectivity index is 1.96. The molecule has 2 rings (SSSR count). The molecule has 1 amide bonds. The molecule has 1 heterocycles. The van der Waals surface area contributed by atoms with Crippen molar-refractivity contribution in [3.63, 3.8) is 0 Å². The van der Waals surface area contributed by atoms with Crippen LogP contribution in [0.25, 0.3) is 0 Å². The lowest BCUT2D eigenvalue weighted by Gasteiger charge is -2.36. The van der Waals surface area contributed by atoms with Gasteiger partial charge in [-0.25, -0.2) is 0 Å². The van der Waals surface area contributed by atoms with Crippen molar-refractivity contribution >= 4 is 5.91 Å². The molecule has 1 aromatic carbocycles. The molecule has 116 valence electrons. The first-order valence-electron chi connectivity index (χ1n) is 7.53. The predicted octanol–water partition coefficient (Wildman–Crippen LogP) is 1.05. The summed E-state index contributed by atoms with van der Waals surface area (Å²) in [7, 11) is 0. The van der Waals surface area contributed by atoms with Gasteiger partial charge in [0.2, 0.25) is 0 Å². The third kappa shape index (κ3) is 3.74. The molecule has 0 aliphatic carbocycles. The van der Waals surface area contributed by atoms with Crippen LogP contribution in [-0.4, -0.2) is 60.1 Å². The molecule has 1 aliphatic heterocycles. The maximum Gasteiger partial charge on any atom is 0.257 e. The zero-order valence-electron chi connectivity index (χ0n) is 12.9. The Morgan fingerprint density at radius 3 is 2.62 bits per heavy atom. The minimum atomic E-state index is -0.0808. The van der Waals surface area contributed by atoms with Crippen LogP contribution in [0.4, 0.5) is 0 Å². The van der Waals surface area contributed by atoms with Gasteiger partial charge in [0, 0.05) is 32.7 Å². The highest BCUT2D eigenvalue weighted by atomic mass is 16.3. The van der Waals surface area contributed by atoms with Crippen LogP contribution in [-0.2, 0) is 0 Å². The largest absolute Gasteiger partial charge is 0.507 e. The Bertz CT molecular complexity index is 496. The maximum atomic E-state index is 12.5. The van der Waals surface area contributed by atoms with E-state index in [-0.39, 0.29) is 11.7 Å². The fourth-order valence-corrected chi connectivity index (χ4v) is 2.65. The molecule has 0 aromatic heterocycles. The zero-order valence-corrected chi connectivity index (χ0v) is 12.9. The van der Waals surface area contributed by atoms with E-state index in [1.165, 1.54) is 0 Å². The number of carbonyl (C=O) groups is 1. The van der Waals surface area contributed by atoms with E-state index in [2.05, 4.69) is 11.8 Å². The molecule has 1 atom stereocenters. The van der Waals surface area contributed by atoms with Crippen LogP contribution in [0.15, 0.2) is 18.2 Å². The second-order valence-corrected chi connectivity index (χ2v) is 5.90. The Kier molecular flexibility index (Phi) is 5.20. The zero-order chi connectivity index (χ0) is 15.4. The summed E-state index contributed by atoms with van der Waals surface area (Å²) in [6.45, 7) is 8.74. The van der Waals surface area contributed by atoms with Crippen molar-refractivity contribution in [2.45, 2.75) is 13.8 Å². The van der Waals surface area contributed by atoms with E-state index in [9.17, 15) is 9.90 Å². The topological polar surface area (TPSA) is 69.8 Å². The summed E-state index contributed by atoms with van der Waals surface area (Å²) in [6.07, 6.45) is 0. The van der Waals surface area contributed by atoms with Crippen molar-refractivity contribution in [1.82, 2.24) is 9.80 Å². The number of para-hydroxylation sites is 1. The molecule has 5 nitrogen and oxygen atoms in total. The van der Waals surface area contributed by atoms with Gasteiger partial charge in [0.15, 0.2) is 0 Å². The Labute approximate surface area is 126 Å². The number of amides is 1. The predicted molar refractivity (Wildman–Crippen MR) is 83.4 cm³/mol. The smallest absolute Gasteiger partial charge is 0.257 e. The van der Waals surface area contributed by atoms with Crippen LogP contribution in [0, 0.1) is 12.8 Å². The van der Waals surface area contributed by atoms with E-state index in [4.69, 9.17) is 5.73 Å². The maximum absolute atomic E-state index is 12.5. The normalized spacial score (nSPS) is 17.8. The SMILES string of the molecule is Cc1cccc(C(=O)N2CCN(CC(C)CN)CC2)c1O. The van der Waals surface area contributed by atoms with Gasteiger partial charge in [-0.1, -0.05) is 19.1 Å². The van der Waals surface area contributed by atoms with E-state index < -0.39 is 0 Å². The molecule has 0 radical (unpaired) electrons. The van der Waals surface area contributed by atoms with Crippen molar-refractivity contribution in [3.05, 3.63) is 29.3 Å². The van der Waals surface area contributed by atoms with Gasteiger partial charge in [-0.05, 0) is 31.0 Å². The van der Waals surface area contributed by atoms with E-state index in [0.29, 0.717) is 31.1 Å². The van der Waals surface area contributed by atoms with Crippen molar-refractivity contribution in [3.8, 4) is 5.75 Å². The number of carbonyl (C=O) groups excluding carboxylic acids is 1. The minimum absolute atomic E-state index is 0.0808. The lowest BCUT2D eigenvalue weighted by molar-refractivity contribution is 0.0619. The van der Waals surface area contributed by atoms with E-state index in [1.807, 2.05) is 11.0 Å². The van der Waals surface area contributed by atoms with Crippen molar-refractivity contribution in [1.29, 1.82) is 0 Å². The van der Waals surface area contributed by atoms with Crippen molar-refractivity contribution in [2.75, 3.05) is 39.3 Å². The molecule has 3 N–H and O–H groups in total. The highest BCUT2D eigenvalue weighted by Crippen LogP contribution is 2.23. The summed E-state index contributed by atoms with van der Waals surface area (Å²) >= 11 is 0. The molecule has 1 saturated heterocycles. The fraction of sp³-hybridized carbons (Fsp3) is 0.562. The number of aryl methyl sites for hydroxylation is 1. The van der Waals surface area contributed by atoms with Gasteiger partial charge in [-0.15, -0.1) is 0 Å². The average molecular weight is 291 g/mol. The standard InChI is InChI=1S/C16H25N3O2/c1-12(10-17)11-18-6-8-19(9-7-18)16(21)14-5-3-4-13(2)15(14)20/h3-5,12,20H,6-11,17H2,1-2H3. The fourth-order valence-electron chi connectivity index (χ4n) is 2.65. The quantitative estimate of drug-likeness (QED) is 0.870. The summed E-state index contributed by atoms with van der Waals surface area (Å²) in [6, 6.07) is 5.30. The first-order valence-corrected chi connectivity index (χ1v) is 7.53. The van der Waals surface area contributed by atoms with Crippen molar-refractivity contribution < 1.29 is 9.90 Å². The summed E-state index contributed by atoms with van der Waals surface area (Å²) in [5, 5.41) is 10.0. The van der Waals surface area contributed by atoms with Gasteiger partial charge in [0.25, 0.3) is 5.91 Å². The Morgan fingerprint density at radius 2 is 2.00 bits per heavy atom. The summed E-state index contributed by atoms with van der Waals surface area (Å²) in [4.78, 5) is 16.6. The minimum Gasteiger partial charge on any atom is -0.507 e. The molecule has 0 saturated carbocycles. The molecular weight excluding hydrogens is 266 g/mol. The number of rotatable bonds is 4. The van der Waals surface area contributed by atoms with Crippen LogP contribution in [0.1, 0.15) is 22.8 Å². The Morgan fingerprint density at radius 1 is 1.33 bits per heavy atom. The number of hydrogen-bond acceptors (Lipinski definition) is 4. The molecule has 1 aliphatic rings. The number of benzene rings is 1. The van der Waals surface area contributed by atoms with Gasteiger partial charge in [-0.3, -0.25) is 9.69 Å². The lowest BCUT2D eigenvalue weighted by atomic mass is 10.1. The highest BCUT2D eigenvalue weighted by molar-refractivity contribution is 5.97. The molecule has 1 aromatic rings. The molecule has 0 spiro atoms. The van der Waals surface area contributed by atoms with Gasteiger partial charge < -0.3 is 15.7 Å². The number of nitrogens with two attached hydrogens (primary N) is 1. The second kappa shape index (κ2) is 6.91. The summed E-state index contributed by atoms with van der Waals surface area (Å²) in [5.74, 6) is 0.498. The van der Waals surface area contributed by atoms with E-state index in [1.54, 1.807) is 19.1 Å². The van der Waals surface area contributed by atoms with Crippen molar-refractivity contribution in [2.24, 2.45) is 11.7 Å². The molecule has 1 unspecified atom stereocenters. The van der Waals surface area contributed by atoms with E-state index in [0.717, 1.165) is 25.2 Å². The first kappa shape index (κ1) is 15.8. The summed E-state index contributed by atoms with van der Waals surface area (Å²) < 4.78 is 0. The molecule has 5 heteroatoms. The summed E-state index contributed by atoms with van der Waals surface area (Å²) in [5.41, 5.74) is 6.79. The van der Waals surface area contributed by atoms with Gasteiger partial charge >= 0.3 is 0 Å². The van der Waals surface area contributed by atoms with Gasteiger partial charge in [0.1, 0.15) is 5.75 Å². The number of hydrogen-bond donors (Lipinski definition) is 2. The van der Waals surface area contributed by atoms with Crippen LogP contribution >= 0.6 is 0 Å². The third-order valence-electron chi connectivity index (χ3n) is 4.10. The second-order valence-electron chi connectivity index (χ2n) is 5.90. The van der Waals surface area contributed by atoms with Gasteiger partial charge in [-0.2, -0.15) is 0 Å². The first-order chi connectivity index (χ1) is 10.0. The highest BCUT2D eigenvalue weighted by Gasteiger charge is 2.24. The van der Waals surface area contributed by atoms with Gasteiger partial charge in [0.05, 0.1) is 5.56 Å². The van der Waals surface area contributed by atoms with E-state index >= 15 is 0 Å². The van der Waals surface area contributed by atoms with Crippen LogP contribution < -0.4 is 5.73 Å². The van der Waals surface area contributed by atoms with Crippen LogP contribution in [0.3, 0.4) is 0 Å². The Hall–Kier alpha value is -1.59. The molecule has 21 heavy (non-hydrogen) atoms. The number of phenols is 1. The van der Waals surface area contributed by atoms with Crippen LogP contribution in [0.2, 0.25) is 0 Å². The third-order valence-corrected chi connectivity index (χ3v) is 4.10. The van der Waals surface area contributed by atoms with Crippen LogP contribution in [0.5, 0.6) is 5.75 Å². The lowest BCUT2D eigenvalue weighted by Crippen LogP contribution is -2.50. The average Bonchev–Trinajstić information content (AvgIpc) is 2.50. The molecule has 1 fully saturated rings. The number of nitrogens with zero attached hydrogens (tertiary/aromatic N) is 2. The number of piperazine rings is 1. The number of aromatic hydroxyl groups is 1. The monoisotopic (exact) mass is 291 g/mol.